The molecule has 1 aliphatic heterocycles. The van der Waals surface area contributed by atoms with Crippen LogP contribution >= 0.6 is 11.3 Å². The molecule has 2 heterocycles. The van der Waals surface area contributed by atoms with Crippen molar-refractivity contribution in [1.82, 2.24) is 9.88 Å². The summed E-state index contributed by atoms with van der Waals surface area (Å²) >= 11 is 1.38. The zero-order chi connectivity index (χ0) is 22.8. The lowest BCUT2D eigenvalue weighted by Gasteiger charge is -2.19. The Bertz CT molecular complexity index is 1020. The van der Waals surface area contributed by atoms with E-state index in [1.807, 2.05) is 24.3 Å². The largest absolute Gasteiger partial charge is 0.465 e. The van der Waals surface area contributed by atoms with Gasteiger partial charge < -0.3 is 15.0 Å². The van der Waals surface area contributed by atoms with Crippen LogP contribution in [0.2, 0.25) is 0 Å². The van der Waals surface area contributed by atoms with Crippen LogP contribution < -0.4 is 10.2 Å². The number of thiazole rings is 1. The van der Waals surface area contributed by atoms with Crippen LogP contribution in [0.4, 0.5) is 15.6 Å². The van der Waals surface area contributed by atoms with E-state index >= 15 is 0 Å². The fourth-order valence-corrected chi connectivity index (χ4v) is 5.15. The van der Waals surface area contributed by atoms with Gasteiger partial charge in [-0.15, -0.1) is 11.3 Å². The third kappa shape index (κ3) is 4.48. The monoisotopic (exact) mass is 456 g/mol. The maximum absolute atomic E-state index is 12.8. The molecule has 1 aliphatic carbocycles. The summed E-state index contributed by atoms with van der Waals surface area (Å²) in [6.45, 7) is 7.36. The minimum absolute atomic E-state index is 0.0367. The number of amides is 3. The van der Waals surface area contributed by atoms with E-state index in [0.29, 0.717) is 42.9 Å². The molecule has 1 aromatic heterocycles. The lowest BCUT2D eigenvalue weighted by Crippen LogP contribution is -2.37. The van der Waals surface area contributed by atoms with Gasteiger partial charge in [-0.25, -0.2) is 9.78 Å². The van der Waals surface area contributed by atoms with Gasteiger partial charge in [-0.3, -0.25) is 14.5 Å². The molecule has 2 aliphatic rings. The Morgan fingerprint density at radius 2 is 2.00 bits per heavy atom. The standard InChI is InChI=1S/C23H28N4O4S/c1-4-31-21(29)17-9-10-18-20(17)25-22(32-18)24-19(28)13-26-11-12-27(23(26)30)16-7-5-15(6-8-16)14(2)3/h5-8,14,17H,4,9-13H2,1-3H3,(H,24,25,28). The number of anilines is 2. The van der Waals surface area contributed by atoms with E-state index in [2.05, 4.69) is 24.1 Å². The number of rotatable bonds is 7. The van der Waals surface area contributed by atoms with Crippen LogP contribution in [-0.2, 0) is 20.7 Å². The highest BCUT2D eigenvalue weighted by Gasteiger charge is 2.34. The summed E-state index contributed by atoms with van der Waals surface area (Å²) in [5, 5.41) is 3.25. The molecule has 8 nitrogen and oxygen atoms in total. The number of carbonyl (C=O) groups excluding carboxylic acids is 3. The first-order valence-corrected chi connectivity index (χ1v) is 11.8. The van der Waals surface area contributed by atoms with Crippen molar-refractivity contribution in [2.45, 2.75) is 45.4 Å². The molecule has 3 amide bonds. The molecule has 1 fully saturated rings. The van der Waals surface area contributed by atoms with E-state index in [1.165, 1.54) is 21.8 Å². The maximum Gasteiger partial charge on any atom is 0.325 e. The Hall–Kier alpha value is -2.94. The fraction of sp³-hybridized carbons (Fsp3) is 0.478. The Labute approximate surface area is 191 Å². The van der Waals surface area contributed by atoms with Gasteiger partial charge in [0.25, 0.3) is 0 Å². The summed E-state index contributed by atoms with van der Waals surface area (Å²) in [6, 6.07) is 7.80. The first-order valence-electron chi connectivity index (χ1n) is 11.0. The second kappa shape index (κ2) is 9.28. The molecule has 1 aromatic carbocycles. The molecule has 0 radical (unpaired) electrons. The molecule has 170 valence electrons. The minimum atomic E-state index is -0.359. The third-order valence-electron chi connectivity index (χ3n) is 5.84. The lowest BCUT2D eigenvalue weighted by atomic mass is 10.0. The molecule has 1 N–H and O–H groups in total. The van der Waals surface area contributed by atoms with E-state index in [0.717, 1.165) is 17.0 Å². The zero-order valence-electron chi connectivity index (χ0n) is 18.6. The van der Waals surface area contributed by atoms with Crippen molar-refractivity contribution in [2.24, 2.45) is 0 Å². The van der Waals surface area contributed by atoms with Gasteiger partial charge >= 0.3 is 12.0 Å². The van der Waals surface area contributed by atoms with Gasteiger partial charge in [-0.2, -0.15) is 0 Å². The molecule has 1 saturated heterocycles. The topological polar surface area (TPSA) is 91.8 Å². The average molecular weight is 457 g/mol. The first kappa shape index (κ1) is 22.3. The van der Waals surface area contributed by atoms with Gasteiger partial charge in [-0.1, -0.05) is 26.0 Å². The number of carbonyl (C=O) groups is 3. The van der Waals surface area contributed by atoms with Crippen LogP contribution in [0.3, 0.4) is 0 Å². The number of benzene rings is 1. The minimum Gasteiger partial charge on any atom is -0.465 e. The molecule has 2 aromatic rings. The first-order chi connectivity index (χ1) is 15.4. The van der Waals surface area contributed by atoms with E-state index in [-0.39, 0.29) is 30.4 Å². The van der Waals surface area contributed by atoms with Crippen molar-refractivity contribution >= 4 is 40.1 Å². The van der Waals surface area contributed by atoms with Crippen molar-refractivity contribution in [2.75, 3.05) is 36.5 Å². The summed E-state index contributed by atoms with van der Waals surface area (Å²) in [5.41, 5.74) is 2.76. The number of nitrogens with zero attached hydrogens (tertiary/aromatic N) is 3. The van der Waals surface area contributed by atoms with E-state index in [1.54, 1.807) is 11.8 Å². The van der Waals surface area contributed by atoms with Gasteiger partial charge in [0.1, 0.15) is 12.5 Å². The number of hydrogen-bond acceptors (Lipinski definition) is 6. The number of ether oxygens (including phenoxy) is 1. The molecule has 0 bridgehead atoms. The van der Waals surface area contributed by atoms with Crippen molar-refractivity contribution in [3.63, 3.8) is 0 Å². The van der Waals surface area contributed by atoms with Gasteiger partial charge in [-0.05, 0) is 43.4 Å². The lowest BCUT2D eigenvalue weighted by molar-refractivity contribution is -0.145. The molecule has 4 rings (SSSR count). The highest BCUT2D eigenvalue weighted by Crippen LogP contribution is 2.39. The molecule has 9 heteroatoms. The predicted molar refractivity (Wildman–Crippen MR) is 123 cm³/mol. The number of fused-ring (bicyclic) bond motifs is 1. The van der Waals surface area contributed by atoms with Gasteiger partial charge in [0.15, 0.2) is 5.13 Å². The number of esters is 1. The summed E-state index contributed by atoms with van der Waals surface area (Å²) in [7, 11) is 0. The van der Waals surface area contributed by atoms with E-state index in [9.17, 15) is 14.4 Å². The summed E-state index contributed by atoms with van der Waals surface area (Å²) < 4.78 is 5.13. The molecule has 0 saturated carbocycles. The molecular weight excluding hydrogens is 428 g/mol. The van der Waals surface area contributed by atoms with E-state index in [4.69, 9.17) is 4.74 Å². The highest BCUT2D eigenvalue weighted by atomic mass is 32.1. The SMILES string of the molecule is CCOC(=O)C1CCc2sc(NC(=O)CN3CCN(c4ccc(C(C)C)cc4)C3=O)nc21. The number of aryl methyl sites for hydroxylation is 1. The van der Waals surface area contributed by atoms with Gasteiger partial charge in [0.05, 0.1) is 12.3 Å². The van der Waals surface area contributed by atoms with Crippen LogP contribution in [0, 0.1) is 0 Å². The van der Waals surface area contributed by atoms with Crippen molar-refractivity contribution in [3.05, 3.63) is 40.4 Å². The van der Waals surface area contributed by atoms with Crippen LogP contribution in [0.25, 0.3) is 0 Å². The number of nitrogens with one attached hydrogen (secondary N) is 1. The Kier molecular flexibility index (Phi) is 6.45. The second-order valence-electron chi connectivity index (χ2n) is 8.32. The van der Waals surface area contributed by atoms with Gasteiger partial charge in [0.2, 0.25) is 5.91 Å². The quantitative estimate of drug-likeness (QED) is 0.641. The van der Waals surface area contributed by atoms with Gasteiger partial charge in [0, 0.05) is 23.7 Å². The normalized spacial score (nSPS) is 17.8. The fourth-order valence-electron chi connectivity index (χ4n) is 4.09. The summed E-state index contributed by atoms with van der Waals surface area (Å²) in [6.07, 6.45) is 1.44. The van der Waals surface area contributed by atoms with Crippen molar-refractivity contribution in [3.8, 4) is 0 Å². The van der Waals surface area contributed by atoms with Crippen molar-refractivity contribution < 1.29 is 19.1 Å². The Morgan fingerprint density at radius 1 is 1.25 bits per heavy atom. The Morgan fingerprint density at radius 3 is 2.69 bits per heavy atom. The Balaban J connectivity index is 1.35. The molecular formula is C23H28N4O4S. The summed E-state index contributed by atoms with van der Waals surface area (Å²) in [5.74, 6) is -0.491. The second-order valence-corrected chi connectivity index (χ2v) is 9.40. The summed E-state index contributed by atoms with van der Waals surface area (Å²) in [4.78, 5) is 46.2. The van der Waals surface area contributed by atoms with Crippen LogP contribution in [-0.4, -0.2) is 54.0 Å². The van der Waals surface area contributed by atoms with Crippen LogP contribution in [0.15, 0.2) is 24.3 Å². The number of hydrogen-bond donors (Lipinski definition) is 1. The number of aromatic nitrogens is 1. The smallest absolute Gasteiger partial charge is 0.325 e. The highest BCUT2D eigenvalue weighted by molar-refractivity contribution is 7.16. The average Bonchev–Trinajstić information content (AvgIpc) is 3.43. The molecule has 1 unspecified atom stereocenters. The van der Waals surface area contributed by atoms with Crippen LogP contribution in [0.5, 0.6) is 0 Å². The number of urea groups is 1. The maximum atomic E-state index is 12.8. The third-order valence-corrected chi connectivity index (χ3v) is 6.88. The predicted octanol–water partition coefficient (Wildman–Crippen LogP) is 3.74. The van der Waals surface area contributed by atoms with Crippen molar-refractivity contribution in [1.29, 1.82) is 0 Å². The molecule has 1 atom stereocenters. The van der Waals surface area contributed by atoms with E-state index < -0.39 is 0 Å². The molecule has 0 spiro atoms. The zero-order valence-corrected chi connectivity index (χ0v) is 19.4. The van der Waals surface area contributed by atoms with Crippen LogP contribution in [0.1, 0.15) is 55.2 Å². The molecule has 32 heavy (non-hydrogen) atoms.